The number of aliphatic hydroxyl groups is 5. The molecular formula is C62H79N3O8. The molecule has 6 atom stereocenters. The number of likely N-dealkylation sites (tertiary alicyclic amines) is 3. The zero-order valence-corrected chi connectivity index (χ0v) is 42.7. The summed E-state index contributed by atoms with van der Waals surface area (Å²) in [5.74, 6) is 2.02. The van der Waals surface area contributed by atoms with Crippen LogP contribution in [0.4, 0.5) is 0 Å². The van der Waals surface area contributed by atoms with Crippen molar-refractivity contribution >= 4 is 0 Å². The lowest BCUT2D eigenvalue weighted by molar-refractivity contribution is -0.0501. The molecule has 9 rings (SSSR count). The topological polar surface area (TPSA) is 172 Å². The fraction of sp³-hybridized carbons (Fsp3) is 0.419. The van der Waals surface area contributed by atoms with Crippen molar-refractivity contribution < 1.29 is 40.9 Å². The molecule has 8 N–H and O–H groups in total. The first-order valence-electron chi connectivity index (χ1n) is 26.4. The number of aliphatic hydroxyl groups excluding tert-OH is 4. The van der Waals surface area contributed by atoms with Gasteiger partial charge in [-0.2, -0.15) is 0 Å². The Kier molecular flexibility index (Phi) is 20.5. The molecule has 3 fully saturated rings. The van der Waals surface area contributed by atoms with Gasteiger partial charge in [-0.1, -0.05) is 127 Å². The molecule has 0 radical (unpaired) electrons. The Bertz CT molecular complexity index is 2460. The number of hydrogen-bond donors (Lipinski definition) is 8. The van der Waals surface area contributed by atoms with E-state index in [1.165, 1.54) is 36.1 Å². The number of hydrogen-bond acceptors (Lipinski definition) is 11. The van der Waals surface area contributed by atoms with Gasteiger partial charge in [0.25, 0.3) is 0 Å². The zero-order chi connectivity index (χ0) is 51.7. The Morgan fingerprint density at radius 2 is 0.781 bits per heavy atom. The summed E-state index contributed by atoms with van der Waals surface area (Å²) in [6.07, 6.45) is 5.31. The molecule has 0 amide bonds. The number of aromatic hydroxyl groups is 3. The predicted octanol–water partition coefficient (Wildman–Crippen LogP) is 9.31. The molecule has 6 aromatic rings. The Morgan fingerprint density at radius 1 is 0.438 bits per heavy atom. The number of rotatable bonds is 15. The standard InChI is InChI=1S/C21H27NO3.C21H27NO2.C20H25NO3/c23-19-8-6-18(7-9-19)21(25)20(24)15-22-12-10-17(11-13-22)14-16-4-2-1-3-5-16;1-16(21(24)19-7-9-20(23)10-8-19)22-13-11-18(12-14-22)15-17-5-3-2-4-6-17;1-15(19(23)16-7-9-18(22)10-8-16)21-13-11-20(24,12-14-21)17-5-3-2-4-6-17/h1-9,17,20-21,23-25H,10-15H2;2-10,16,18,21,23-24H,11-15H2,1H3;2-10,15,19,22-24H,11-14H2,1H3/t20-,21-;16-,21-;15-,19+/m000/s1. The van der Waals surface area contributed by atoms with Crippen molar-refractivity contribution in [2.24, 2.45) is 11.8 Å². The molecule has 11 heteroatoms. The minimum atomic E-state index is -0.928. The van der Waals surface area contributed by atoms with Crippen molar-refractivity contribution in [3.63, 3.8) is 0 Å². The summed E-state index contributed by atoms with van der Waals surface area (Å²) >= 11 is 0. The number of piperidine rings is 3. The van der Waals surface area contributed by atoms with Gasteiger partial charge in [0.1, 0.15) is 23.4 Å². The molecule has 0 aliphatic carbocycles. The number of benzene rings is 6. The third-order valence-electron chi connectivity index (χ3n) is 15.6. The van der Waals surface area contributed by atoms with Gasteiger partial charge in [0.2, 0.25) is 0 Å². The highest BCUT2D eigenvalue weighted by atomic mass is 16.3. The summed E-state index contributed by atoms with van der Waals surface area (Å²) in [6.45, 7) is 10.0. The van der Waals surface area contributed by atoms with Crippen LogP contribution in [0.15, 0.2) is 164 Å². The lowest BCUT2D eigenvalue weighted by Gasteiger charge is -2.42. The van der Waals surface area contributed by atoms with Crippen LogP contribution in [0.5, 0.6) is 17.2 Å². The van der Waals surface area contributed by atoms with Crippen molar-refractivity contribution in [2.75, 3.05) is 45.8 Å². The maximum Gasteiger partial charge on any atom is 0.115 e. The molecule has 0 unspecified atom stereocenters. The van der Waals surface area contributed by atoms with Gasteiger partial charge in [-0.25, -0.2) is 0 Å². The first kappa shape index (κ1) is 55.2. The summed E-state index contributed by atoms with van der Waals surface area (Å²) in [5.41, 5.74) is 5.30. The Balaban J connectivity index is 0.000000160. The number of phenols is 3. The Hall–Kier alpha value is -5.60. The van der Waals surface area contributed by atoms with Gasteiger partial charge in [-0.05, 0) is 173 Å². The molecule has 6 aromatic carbocycles. The normalized spacial score (nSPS) is 19.4. The molecule has 0 spiro atoms. The SMILES string of the molecule is C[C@@H]([C@@H](O)c1ccc(O)cc1)N1CCC(O)(c2ccccc2)CC1.C[C@@H]([C@H](O)c1ccc(O)cc1)N1CCC(Cc2ccccc2)CC1.Oc1ccc([C@H](O)[C@@H](O)CN2CCC(Cc3ccccc3)CC2)cc1. The van der Waals surface area contributed by atoms with Gasteiger partial charge in [-0.3, -0.25) is 9.80 Å². The highest BCUT2D eigenvalue weighted by Gasteiger charge is 2.37. The van der Waals surface area contributed by atoms with Crippen LogP contribution in [0, 0.1) is 11.8 Å². The molecule has 0 bridgehead atoms. The van der Waals surface area contributed by atoms with Crippen molar-refractivity contribution in [1.29, 1.82) is 0 Å². The van der Waals surface area contributed by atoms with Crippen molar-refractivity contribution in [2.45, 2.75) is 107 Å². The second-order valence-electron chi connectivity index (χ2n) is 20.7. The van der Waals surface area contributed by atoms with Crippen molar-refractivity contribution in [3.05, 3.63) is 197 Å². The Morgan fingerprint density at radius 3 is 1.18 bits per heavy atom. The monoisotopic (exact) mass is 994 g/mol. The smallest absolute Gasteiger partial charge is 0.115 e. The number of nitrogens with zero attached hydrogens (tertiary/aromatic N) is 3. The van der Waals surface area contributed by atoms with E-state index in [0.717, 1.165) is 87.6 Å². The van der Waals surface area contributed by atoms with E-state index in [9.17, 15) is 40.9 Å². The van der Waals surface area contributed by atoms with Crippen LogP contribution in [0.25, 0.3) is 0 Å². The number of β-amino-alcohol motifs (C(OH)–C–C–N with tert-alkyl or cyclic N) is 1. The predicted molar refractivity (Wildman–Crippen MR) is 289 cm³/mol. The van der Waals surface area contributed by atoms with Crippen LogP contribution in [-0.2, 0) is 18.4 Å². The maximum absolute atomic E-state index is 10.9. The van der Waals surface area contributed by atoms with Gasteiger partial charge in [0.15, 0.2) is 0 Å². The summed E-state index contributed by atoms with van der Waals surface area (Å²) in [6, 6.07) is 51.1. The molecule has 3 aliphatic rings. The fourth-order valence-corrected chi connectivity index (χ4v) is 10.7. The zero-order valence-electron chi connectivity index (χ0n) is 42.7. The van der Waals surface area contributed by atoms with Gasteiger partial charge in [0, 0.05) is 31.7 Å². The lowest BCUT2D eigenvalue weighted by atomic mass is 9.83. The molecule has 73 heavy (non-hydrogen) atoms. The van der Waals surface area contributed by atoms with E-state index < -0.39 is 30.0 Å². The average molecular weight is 994 g/mol. The van der Waals surface area contributed by atoms with Gasteiger partial charge < -0.3 is 45.8 Å². The van der Waals surface area contributed by atoms with Crippen molar-refractivity contribution in [1.82, 2.24) is 14.7 Å². The summed E-state index contributed by atoms with van der Waals surface area (Å²) in [4.78, 5) is 6.84. The third-order valence-corrected chi connectivity index (χ3v) is 15.6. The summed E-state index contributed by atoms with van der Waals surface area (Å²) in [5, 5.41) is 80.8. The van der Waals surface area contributed by atoms with E-state index in [1.807, 2.05) is 43.3 Å². The number of phenolic OH excluding ortho intramolecular Hbond substituents is 3. The third kappa shape index (κ3) is 16.2. The molecule has 3 heterocycles. The van der Waals surface area contributed by atoms with Crippen LogP contribution < -0.4 is 0 Å². The first-order chi connectivity index (χ1) is 35.2. The molecule has 3 saturated heterocycles. The van der Waals surface area contributed by atoms with E-state index >= 15 is 0 Å². The summed E-state index contributed by atoms with van der Waals surface area (Å²) in [7, 11) is 0. The minimum absolute atomic E-state index is 0.0464. The second kappa shape index (κ2) is 27.1. The Labute approximate surface area is 433 Å². The second-order valence-corrected chi connectivity index (χ2v) is 20.7. The van der Waals surface area contributed by atoms with Gasteiger partial charge >= 0.3 is 0 Å². The molecule has 3 aliphatic heterocycles. The highest BCUT2D eigenvalue weighted by molar-refractivity contribution is 5.30. The molecule has 390 valence electrons. The highest BCUT2D eigenvalue weighted by Crippen LogP contribution is 2.35. The van der Waals surface area contributed by atoms with Crippen LogP contribution in [0.2, 0.25) is 0 Å². The van der Waals surface area contributed by atoms with Crippen LogP contribution in [-0.4, -0.2) is 120 Å². The van der Waals surface area contributed by atoms with E-state index in [1.54, 1.807) is 60.7 Å². The fourth-order valence-electron chi connectivity index (χ4n) is 10.7. The molecule has 11 nitrogen and oxygen atoms in total. The first-order valence-corrected chi connectivity index (χ1v) is 26.4. The molecular weight excluding hydrogens is 915 g/mol. The van der Waals surface area contributed by atoms with E-state index in [-0.39, 0.29) is 29.3 Å². The lowest BCUT2D eigenvalue weighted by Crippen LogP contribution is -2.47. The van der Waals surface area contributed by atoms with Gasteiger partial charge in [-0.15, -0.1) is 0 Å². The maximum atomic E-state index is 10.9. The average Bonchev–Trinajstić information content (AvgIpc) is 3.42. The minimum Gasteiger partial charge on any atom is -0.508 e. The molecule has 0 aromatic heterocycles. The van der Waals surface area contributed by atoms with E-state index in [0.29, 0.717) is 30.9 Å². The van der Waals surface area contributed by atoms with E-state index in [2.05, 4.69) is 76.2 Å². The van der Waals surface area contributed by atoms with Crippen LogP contribution in [0.3, 0.4) is 0 Å². The molecule has 0 saturated carbocycles. The van der Waals surface area contributed by atoms with Gasteiger partial charge in [0.05, 0.1) is 23.9 Å². The van der Waals surface area contributed by atoms with E-state index in [4.69, 9.17) is 0 Å². The van der Waals surface area contributed by atoms with Crippen molar-refractivity contribution in [3.8, 4) is 17.2 Å². The quantitative estimate of drug-likeness (QED) is 0.0493. The summed E-state index contributed by atoms with van der Waals surface area (Å²) < 4.78 is 0. The van der Waals surface area contributed by atoms with Crippen LogP contribution in [0.1, 0.15) is 104 Å². The van der Waals surface area contributed by atoms with Crippen LogP contribution >= 0.6 is 0 Å². The largest absolute Gasteiger partial charge is 0.508 e.